The van der Waals surface area contributed by atoms with Crippen LogP contribution < -0.4 is 0 Å². The van der Waals surface area contributed by atoms with E-state index in [1.165, 1.54) is 23.0 Å². The number of nitro groups is 1. The monoisotopic (exact) mass is 479 g/mol. The molecule has 1 saturated heterocycles. The number of rotatable bonds is 7. The number of aryl methyl sites for hydroxylation is 1. The summed E-state index contributed by atoms with van der Waals surface area (Å²) >= 11 is 0. The number of piperazine rings is 1. The van der Waals surface area contributed by atoms with E-state index < -0.39 is 16.7 Å². The molecule has 0 aliphatic carbocycles. The van der Waals surface area contributed by atoms with Gasteiger partial charge in [-0.3, -0.25) is 24.5 Å². The van der Waals surface area contributed by atoms with Gasteiger partial charge in [0.1, 0.15) is 12.4 Å². The average Bonchev–Trinajstić information content (AvgIpc) is 3.47. The summed E-state index contributed by atoms with van der Waals surface area (Å²) in [5.74, 6) is 0.267. The minimum Gasteiger partial charge on any atom is -0.340 e. The molecule has 14 heteroatoms. The predicted octanol–water partition coefficient (Wildman–Crippen LogP) is 2.59. The average molecular weight is 479 g/mol. The van der Waals surface area contributed by atoms with Crippen molar-refractivity contribution in [1.29, 1.82) is 0 Å². The Morgan fingerprint density at radius 2 is 1.97 bits per heavy atom. The highest BCUT2D eigenvalue weighted by molar-refractivity contribution is 5.76. The molecule has 0 atom stereocenters. The molecule has 0 spiro atoms. The van der Waals surface area contributed by atoms with Crippen LogP contribution in [0.15, 0.2) is 41.2 Å². The third kappa shape index (κ3) is 5.57. The van der Waals surface area contributed by atoms with Gasteiger partial charge in [0.25, 0.3) is 0 Å². The third-order valence-electron chi connectivity index (χ3n) is 5.39. The van der Waals surface area contributed by atoms with Crippen LogP contribution in [-0.4, -0.2) is 66.7 Å². The second-order valence-corrected chi connectivity index (χ2v) is 7.72. The van der Waals surface area contributed by atoms with Gasteiger partial charge in [-0.15, -0.1) is 0 Å². The summed E-state index contributed by atoms with van der Waals surface area (Å²) in [5.41, 5.74) is -0.705. The third-order valence-corrected chi connectivity index (χ3v) is 5.39. The summed E-state index contributed by atoms with van der Waals surface area (Å²) in [4.78, 5) is 30.5. The van der Waals surface area contributed by atoms with Crippen LogP contribution in [0.25, 0.3) is 11.4 Å². The summed E-state index contributed by atoms with van der Waals surface area (Å²) in [7, 11) is 0. The SMILES string of the molecule is O=C(CCn1cc([N+](=O)[O-])cn1)N1CCN(Cc2nc(-c3cccc(C(F)(F)F)c3)no2)CC1. The Kier molecular flexibility index (Phi) is 6.58. The molecular weight excluding hydrogens is 459 g/mol. The lowest BCUT2D eigenvalue weighted by Crippen LogP contribution is -2.48. The molecular formula is C20H20F3N7O4. The Morgan fingerprint density at radius 3 is 2.65 bits per heavy atom. The number of amides is 1. The summed E-state index contributed by atoms with van der Waals surface area (Å²) in [6.07, 6.45) is -1.87. The van der Waals surface area contributed by atoms with Crippen LogP contribution in [0, 0.1) is 10.1 Å². The number of hydrogen-bond acceptors (Lipinski definition) is 8. The fourth-order valence-electron chi connectivity index (χ4n) is 3.56. The molecule has 1 aromatic carbocycles. The first-order chi connectivity index (χ1) is 16.2. The van der Waals surface area contributed by atoms with E-state index in [0.717, 1.165) is 18.3 Å². The van der Waals surface area contributed by atoms with E-state index in [9.17, 15) is 28.1 Å². The van der Waals surface area contributed by atoms with E-state index in [-0.39, 0.29) is 41.8 Å². The lowest BCUT2D eigenvalue weighted by Gasteiger charge is -2.34. The van der Waals surface area contributed by atoms with Crippen molar-refractivity contribution in [3.63, 3.8) is 0 Å². The van der Waals surface area contributed by atoms with Gasteiger partial charge in [-0.05, 0) is 12.1 Å². The second kappa shape index (κ2) is 9.59. The van der Waals surface area contributed by atoms with Crippen LogP contribution in [-0.2, 0) is 24.1 Å². The van der Waals surface area contributed by atoms with Gasteiger partial charge in [0.15, 0.2) is 0 Å². The number of hydrogen-bond donors (Lipinski definition) is 0. The zero-order valence-electron chi connectivity index (χ0n) is 17.8. The second-order valence-electron chi connectivity index (χ2n) is 7.72. The standard InChI is InChI=1S/C20H20F3N7O4/c21-20(22,23)15-3-1-2-14(10-15)19-25-17(34-26-19)13-27-6-8-28(9-7-27)18(31)4-5-29-12-16(11-24-29)30(32)33/h1-3,10-12H,4-9,13H2. The number of alkyl halides is 3. The molecule has 3 heterocycles. The fraction of sp³-hybridized carbons (Fsp3) is 0.400. The van der Waals surface area contributed by atoms with Crippen molar-refractivity contribution in [2.24, 2.45) is 0 Å². The van der Waals surface area contributed by atoms with Gasteiger partial charge >= 0.3 is 11.9 Å². The molecule has 3 aromatic rings. The highest BCUT2D eigenvalue weighted by atomic mass is 19.4. The van der Waals surface area contributed by atoms with Crippen molar-refractivity contribution < 1.29 is 27.4 Å². The number of carbonyl (C=O) groups is 1. The fourth-order valence-corrected chi connectivity index (χ4v) is 3.56. The Labute approximate surface area is 190 Å². The largest absolute Gasteiger partial charge is 0.416 e. The van der Waals surface area contributed by atoms with Crippen LogP contribution in [0.3, 0.4) is 0 Å². The highest BCUT2D eigenvalue weighted by Gasteiger charge is 2.31. The molecule has 34 heavy (non-hydrogen) atoms. The number of halogens is 3. The van der Waals surface area contributed by atoms with E-state index in [1.807, 2.05) is 4.90 Å². The minimum absolute atomic E-state index is 0.0776. The van der Waals surface area contributed by atoms with Gasteiger partial charge < -0.3 is 9.42 Å². The number of benzene rings is 1. The maximum atomic E-state index is 12.9. The van der Waals surface area contributed by atoms with Gasteiger partial charge in [0.2, 0.25) is 17.6 Å². The number of nitrogens with zero attached hydrogens (tertiary/aromatic N) is 7. The van der Waals surface area contributed by atoms with Gasteiger partial charge in [-0.2, -0.15) is 23.3 Å². The van der Waals surface area contributed by atoms with Crippen LogP contribution in [0.2, 0.25) is 0 Å². The summed E-state index contributed by atoms with van der Waals surface area (Å²) < 4.78 is 45.3. The highest BCUT2D eigenvalue weighted by Crippen LogP contribution is 2.31. The number of carbonyl (C=O) groups excluding carboxylic acids is 1. The smallest absolute Gasteiger partial charge is 0.340 e. The quantitative estimate of drug-likeness (QED) is 0.374. The van der Waals surface area contributed by atoms with Gasteiger partial charge in [0.05, 0.1) is 17.0 Å². The summed E-state index contributed by atoms with van der Waals surface area (Å²) in [6, 6.07) is 4.72. The Bertz CT molecular complexity index is 1170. The lowest BCUT2D eigenvalue weighted by molar-refractivity contribution is -0.385. The maximum absolute atomic E-state index is 12.9. The van der Waals surface area contributed by atoms with Crippen LogP contribution >= 0.6 is 0 Å². The first-order valence-corrected chi connectivity index (χ1v) is 10.4. The topological polar surface area (TPSA) is 123 Å². The van der Waals surface area contributed by atoms with Crippen molar-refractivity contribution in [1.82, 2.24) is 29.7 Å². The van der Waals surface area contributed by atoms with E-state index in [4.69, 9.17) is 4.52 Å². The molecule has 1 aliphatic rings. The Hall–Kier alpha value is -3.81. The van der Waals surface area contributed by atoms with Crippen molar-refractivity contribution in [3.05, 3.63) is 58.2 Å². The molecule has 1 fully saturated rings. The predicted molar refractivity (Wildman–Crippen MR) is 110 cm³/mol. The van der Waals surface area contributed by atoms with E-state index in [0.29, 0.717) is 32.7 Å². The van der Waals surface area contributed by atoms with Crippen molar-refractivity contribution in [2.45, 2.75) is 25.7 Å². The van der Waals surface area contributed by atoms with Gasteiger partial charge in [0, 0.05) is 44.7 Å². The molecule has 1 amide bonds. The van der Waals surface area contributed by atoms with Crippen LogP contribution in [0.4, 0.5) is 18.9 Å². The van der Waals surface area contributed by atoms with Gasteiger partial charge in [-0.25, -0.2) is 0 Å². The summed E-state index contributed by atoms with van der Waals surface area (Å²) in [5, 5.41) is 18.4. The molecule has 4 rings (SSSR count). The molecule has 180 valence electrons. The zero-order valence-corrected chi connectivity index (χ0v) is 17.8. The van der Waals surface area contributed by atoms with Crippen molar-refractivity contribution in [3.8, 4) is 11.4 Å². The minimum atomic E-state index is -4.46. The van der Waals surface area contributed by atoms with Gasteiger partial charge in [-0.1, -0.05) is 17.3 Å². The van der Waals surface area contributed by atoms with Crippen molar-refractivity contribution in [2.75, 3.05) is 26.2 Å². The molecule has 0 radical (unpaired) electrons. The Morgan fingerprint density at radius 1 is 1.21 bits per heavy atom. The molecule has 11 nitrogen and oxygen atoms in total. The van der Waals surface area contributed by atoms with E-state index in [1.54, 1.807) is 4.90 Å². The summed E-state index contributed by atoms with van der Waals surface area (Å²) in [6.45, 7) is 2.62. The first-order valence-electron chi connectivity index (χ1n) is 10.4. The van der Waals surface area contributed by atoms with Crippen LogP contribution in [0.5, 0.6) is 0 Å². The van der Waals surface area contributed by atoms with E-state index in [2.05, 4.69) is 15.2 Å². The van der Waals surface area contributed by atoms with E-state index >= 15 is 0 Å². The molecule has 0 bridgehead atoms. The van der Waals surface area contributed by atoms with Crippen LogP contribution in [0.1, 0.15) is 17.9 Å². The normalized spacial score (nSPS) is 15.0. The zero-order chi connectivity index (χ0) is 24.3. The first kappa shape index (κ1) is 23.4. The number of aromatic nitrogens is 4. The molecule has 0 saturated carbocycles. The molecule has 1 aliphatic heterocycles. The molecule has 0 unspecified atom stereocenters. The Balaban J connectivity index is 1.26. The molecule has 2 aromatic heterocycles. The maximum Gasteiger partial charge on any atom is 0.416 e. The lowest BCUT2D eigenvalue weighted by atomic mass is 10.1. The molecule has 0 N–H and O–H groups in total. The van der Waals surface area contributed by atoms with Crippen molar-refractivity contribution >= 4 is 11.6 Å².